The number of benzene rings is 3. The molecule has 1 N–H and O–H groups in total. The van der Waals surface area contributed by atoms with Crippen LogP contribution in [0.15, 0.2) is 77.7 Å². The molecule has 0 aliphatic heterocycles. The Morgan fingerprint density at radius 3 is 2.30 bits per heavy atom. The maximum atomic E-state index is 14.3. The zero-order valence-electron chi connectivity index (χ0n) is 25.0. The molecular formula is C33H40ClN3O5S. The molecule has 0 radical (unpaired) electrons. The molecule has 4 rings (SSSR count). The number of nitrogens with zero attached hydrogens (tertiary/aromatic N) is 2. The number of ether oxygens (including phenoxy) is 1. The van der Waals surface area contributed by atoms with E-state index in [4.69, 9.17) is 16.3 Å². The molecule has 0 spiro atoms. The summed E-state index contributed by atoms with van der Waals surface area (Å²) in [5.41, 5.74) is 2.06. The number of sulfonamides is 1. The summed E-state index contributed by atoms with van der Waals surface area (Å²) in [6, 6.07) is 19.5. The lowest BCUT2D eigenvalue weighted by Crippen LogP contribution is -2.54. The average Bonchev–Trinajstić information content (AvgIpc) is 3.01. The Hall–Kier alpha value is -3.56. The predicted octanol–water partition coefficient (Wildman–Crippen LogP) is 6.11. The van der Waals surface area contributed by atoms with E-state index < -0.39 is 28.5 Å². The van der Waals surface area contributed by atoms with Crippen LogP contribution >= 0.6 is 11.6 Å². The fourth-order valence-corrected chi connectivity index (χ4v) is 7.17. The molecule has 43 heavy (non-hydrogen) atoms. The first kappa shape index (κ1) is 32.4. The fraction of sp³-hybridized carbons (Fsp3) is 0.394. The van der Waals surface area contributed by atoms with E-state index in [0.29, 0.717) is 12.2 Å². The van der Waals surface area contributed by atoms with Gasteiger partial charge in [-0.15, -0.1) is 0 Å². The van der Waals surface area contributed by atoms with E-state index in [-0.39, 0.29) is 34.1 Å². The van der Waals surface area contributed by atoms with Crippen LogP contribution in [0.1, 0.15) is 56.6 Å². The number of nitrogens with one attached hydrogen (secondary N) is 1. The van der Waals surface area contributed by atoms with Gasteiger partial charge in [0.15, 0.2) is 0 Å². The summed E-state index contributed by atoms with van der Waals surface area (Å²) in [7, 11) is -2.72. The van der Waals surface area contributed by atoms with Crippen LogP contribution in [0.2, 0.25) is 5.02 Å². The molecule has 10 heteroatoms. The number of carbonyl (C=O) groups excluding carboxylic acids is 2. The number of amides is 2. The average molecular weight is 626 g/mol. The Bertz CT molecular complexity index is 1510. The highest BCUT2D eigenvalue weighted by molar-refractivity contribution is 7.92. The first-order chi connectivity index (χ1) is 20.6. The standard InChI is InChI=1S/C33H40ClN3O5S/c1-4-30(33(39)35-26-15-7-5-8-16-26)36(22-25-14-12-11-13-24(25)2)32(38)23-37(27-19-20-31(42-3)29(34)21-27)43(40,41)28-17-9-6-10-18-28/h6,9-14,17-21,26,30H,4-5,7-8,15-16,22-23H2,1-3H3,(H,35,39). The summed E-state index contributed by atoms with van der Waals surface area (Å²) < 4.78 is 34.3. The zero-order chi connectivity index (χ0) is 31.0. The molecule has 3 aromatic rings. The normalized spacial score (nSPS) is 14.5. The second-order valence-electron chi connectivity index (χ2n) is 10.9. The summed E-state index contributed by atoms with van der Waals surface area (Å²) in [6.07, 6.45) is 5.47. The Kier molecular flexibility index (Phi) is 11.1. The van der Waals surface area contributed by atoms with Crippen LogP contribution in [0, 0.1) is 6.92 Å². The van der Waals surface area contributed by atoms with Crippen LogP contribution in [0.25, 0.3) is 0 Å². The number of hydrogen-bond acceptors (Lipinski definition) is 5. The molecule has 1 atom stereocenters. The molecule has 0 aromatic heterocycles. The highest BCUT2D eigenvalue weighted by Crippen LogP contribution is 2.32. The zero-order valence-corrected chi connectivity index (χ0v) is 26.5. The molecule has 8 nitrogen and oxygen atoms in total. The maximum absolute atomic E-state index is 14.3. The Balaban J connectivity index is 1.73. The van der Waals surface area contributed by atoms with Crippen molar-refractivity contribution < 1.29 is 22.7 Å². The van der Waals surface area contributed by atoms with Crippen LogP contribution in [-0.4, -0.2) is 50.9 Å². The van der Waals surface area contributed by atoms with Crippen molar-refractivity contribution in [2.24, 2.45) is 0 Å². The number of rotatable bonds is 12. The first-order valence-corrected chi connectivity index (χ1v) is 16.5. The Morgan fingerprint density at radius 1 is 1.00 bits per heavy atom. The smallest absolute Gasteiger partial charge is 0.264 e. The van der Waals surface area contributed by atoms with Gasteiger partial charge in [-0.1, -0.05) is 80.3 Å². The summed E-state index contributed by atoms with van der Waals surface area (Å²) in [6.45, 7) is 3.45. The van der Waals surface area contributed by atoms with Gasteiger partial charge in [-0.25, -0.2) is 8.42 Å². The maximum Gasteiger partial charge on any atom is 0.264 e. The lowest BCUT2D eigenvalue weighted by atomic mass is 9.95. The number of anilines is 1. The molecule has 1 saturated carbocycles. The summed E-state index contributed by atoms with van der Waals surface area (Å²) >= 11 is 6.41. The van der Waals surface area contributed by atoms with Crippen molar-refractivity contribution in [2.45, 2.75) is 75.9 Å². The largest absolute Gasteiger partial charge is 0.495 e. The van der Waals surface area contributed by atoms with E-state index in [0.717, 1.165) is 47.5 Å². The second kappa shape index (κ2) is 14.8. The molecule has 2 amide bonds. The molecule has 0 heterocycles. The van der Waals surface area contributed by atoms with E-state index in [1.165, 1.54) is 30.2 Å². The Labute approximate surface area is 260 Å². The third-order valence-corrected chi connectivity index (χ3v) is 10.1. The summed E-state index contributed by atoms with van der Waals surface area (Å²) in [4.78, 5) is 29.5. The number of carbonyl (C=O) groups is 2. The van der Waals surface area contributed by atoms with Gasteiger partial charge in [0.1, 0.15) is 18.3 Å². The van der Waals surface area contributed by atoms with Gasteiger partial charge in [-0.3, -0.25) is 13.9 Å². The quantitative estimate of drug-likeness (QED) is 0.262. The van der Waals surface area contributed by atoms with Gasteiger partial charge in [0.2, 0.25) is 11.8 Å². The minimum Gasteiger partial charge on any atom is -0.495 e. The third-order valence-electron chi connectivity index (χ3n) is 7.97. The molecule has 1 unspecified atom stereocenters. The SMILES string of the molecule is CCC(C(=O)NC1CCCCC1)N(Cc1ccccc1C)C(=O)CN(c1ccc(OC)c(Cl)c1)S(=O)(=O)c1ccccc1. The molecule has 3 aromatic carbocycles. The van der Waals surface area contributed by atoms with Crippen molar-refractivity contribution in [1.29, 1.82) is 0 Å². The predicted molar refractivity (Wildman–Crippen MR) is 170 cm³/mol. The van der Waals surface area contributed by atoms with Crippen LogP contribution in [0.5, 0.6) is 5.75 Å². The van der Waals surface area contributed by atoms with Crippen LogP contribution < -0.4 is 14.4 Å². The number of aryl methyl sites for hydroxylation is 1. The van der Waals surface area contributed by atoms with Gasteiger partial charge in [-0.05, 0) is 67.6 Å². The van der Waals surface area contributed by atoms with E-state index in [2.05, 4.69) is 5.32 Å². The molecular weight excluding hydrogens is 586 g/mol. The highest BCUT2D eigenvalue weighted by Gasteiger charge is 2.34. The van der Waals surface area contributed by atoms with Crippen molar-refractivity contribution in [3.05, 3.63) is 88.9 Å². The second-order valence-corrected chi connectivity index (χ2v) is 13.1. The van der Waals surface area contributed by atoms with Crippen molar-refractivity contribution >= 4 is 39.1 Å². The molecule has 230 valence electrons. The van der Waals surface area contributed by atoms with Crippen molar-refractivity contribution in [3.8, 4) is 5.75 Å². The topological polar surface area (TPSA) is 96.0 Å². The van der Waals surface area contributed by atoms with Gasteiger partial charge >= 0.3 is 0 Å². The lowest BCUT2D eigenvalue weighted by molar-refractivity contribution is -0.140. The summed E-state index contributed by atoms with van der Waals surface area (Å²) in [5.74, 6) is -0.345. The highest BCUT2D eigenvalue weighted by atomic mass is 35.5. The fourth-order valence-electron chi connectivity index (χ4n) is 5.49. The first-order valence-electron chi connectivity index (χ1n) is 14.7. The van der Waals surface area contributed by atoms with Crippen LogP contribution in [-0.2, 0) is 26.2 Å². The number of methoxy groups -OCH3 is 1. The van der Waals surface area contributed by atoms with Gasteiger partial charge in [0, 0.05) is 12.6 Å². The minimum absolute atomic E-state index is 0.0299. The van der Waals surface area contributed by atoms with E-state index in [9.17, 15) is 18.0 Å². The third kappa shape index (κ3) is 7.89. The van der Waals surface area contributed by atoms with Crippen LogP contribution in [0.3, 0.4) is 0 Å². The van der Waals surface area contributed by atoms with E-state index >= 15 is 0 Å². The molecule has 1 aliphatic carbocycles. The van der Waals surface area contributed by atoms with Crippen molar-refractivity contribution in [3.63, 3.8) is 0 Å². The van der Waals surface area contributed by atoms with Gasteiger partial charge in [-0.2, -0.15) is 0 Å². The number of hydrogen-bond donors (Lipinski definition) is 1. The van der Waals surface area contributed by atoms with Gasteiger partial charge in [0.05, 0.1) is 22.7 Å². The van der Waals surface area contributed by atoms with E-state index in [1.807, 2.05) is 38.1 Å². The lowest BCUT2D eigenvalue weighted by Gasteiger charge is -2.34. The van der Waals surface area contributed by atoms with Crippen LogP contribution in [0.4, 0.5) is 5.69 Å². The summed E-state index contributed by atoms with van der Waals surface area (Å²) in [5, 5.41) is 3.38. The minimum atomic E-state index is -4.19. The molecule has 1 aliphatic rings. The molecule has 0 bridgehead atoms. The molecule has 0 saturated heterocycles. The van der Waals surface area contributed by atoms with Gasteiger partial charge in [0.25, 0.3) is 10.0 Å². The Morgan fingerprint density at radius 2 is 1.67 bits per heavy atom. The van der Waals surface area contributed by atoms with Crippen molar-refractivity contribution in [2.75, 3.05) is 18.0 Å². The van der Waals surface area contributed by atoms with Gasteiger partial charge < -0.3 is 15.0 Å². The monoisotopic (exact) mass is 625 g/mol. The van der Waals surface area contributed by atoms with Crippen molar-refractivity contribution in [1.82, 2.24) is 10.2 Å². The number of halogens is 1. The molecule has 1 fully saturated rings. The van der Waals surface area contributed by atoms with E-state index in [1.54, 1.807) is 30.3 Å².